The molecule has 25 heavy (non-hydrogen) atoms. The van der Waals surface area contributed by atoms with Crippen LogP contribution >= 0.6 is 0 Å². The lowest BCUT2D eigenvalue weighted by Crippen LogP contribution is -2.55. The van der Waals surface area contributed by atoms with Gasteiger partial charge in [0.15, 0.2) is 9.84 Å². The highest BCUT2D eigenvalue weighted by atomic mass is 32.2. The van der Waals surface area contributed by atoms with Crippen molar-refractivity contribution in [3.05, 3.63) is 0 Å². The molecule has 1 unspecified atom stereocenters. The summed E-state index contributed by atoms with van der Waals surface area (Å²) in [6, 6.07) is -1.29. The fourth-order valence-electron chi connectivity index (χ4n) is 3.53. The van der Waals surface area contributed by atoms with E-state index in [1.54, 1.807) is 0 Å². The van der Waals surface area contributed by atoms with Gasteiger partial charge in [-0.05, 0) is 25.2 Å². The van der Waals surface area contributed by atoms with Crippen molar-refractivity contribution in [3.63, 3.8) is 0 Å². The van der Waals surface area contributed by atoms with Crippen molar-refractivity contribution in [2.75, 3.05) is 11.5 Å². The van der Waals surface area contributed by atoms with E-state index in [4.69, 9.17) is 0 Å². The normalized spacial score (nSPS) is 25.2. The van der Waals surface area contributed by atoms with Crippen LogP contribution in [0.15, 0.2) is 0 Å². The van der Waals surface area contributed by atoms with Gasteiger partial charge in [0.25, 0.3) is 0 Å². The van der Waals surface area contributed by atoms with Gasteiger partial charge >= 0.3 is 6.03 Å². The van der Waals surface area contributed by atoms with E-state index in [0.717, 1.165) is 25.7 Å². The van der Waals surface area contributed by atoms with Crippen LogP contribution in [0.4, 0.5) is 4.79 Å². The lowest BCUT2D eigenvalue weighted by atomic mass is 10.0. The van der Waals surface area contributed by atoms with Gasteiger partial charge in [0, 0.05) is 12.1 Å². The first-order chi connectivity index (χ1) is 11.8. The highest BCUT2D eigenvalue weighted by molar-refractivity contribution is 7.91. The van der Waals surface area contributed by atoms with Crippen LogP contribution in [0, 0.1) is 5.92 Å². The van der Waals surface area contributed by atoms with Crippen LogP contribution in [0.1, 0.15) is 58.8 Å². The lowest BCUT2D eigenvalue weighted by molar-refractivity contribution is -0.124. The molecule has 0 aromatic rings. The average molecular weight is 374 g/mol. The first-order valence-electron chi connectivity index (χ1n) is 9.34. The van der Waals surface area contributed by atoms with Gasteiger partial charge in [-0.2, -0.15) is 0 Å². The summed E-state index contributed by atoms with van der Waals surface area (Å²) < 4.78 is 22.9. The maximum Gasteiger partial charge on any atom is 0.315 e. The molecule has 7 nitrogen and oxygen atoms in total. The minimum absolute atomic E-state index is 0.0268. The second-order valence-corrected chi connectivity index (χ2v) is 9.87. The van der Waals surface area contributed by atoms with Crippen molar-refractivity contribution in [1.82, 2.24) is 16.0 Å². The zero-order chi connectivity index (χ0) is 18.4. The zero-order valence-corrected chi connectivity index (χ0v) is 16.0. The Hall–Kier alpha value is -1.31. The third-order valence-electron chi connectivity index (χ3n) is 5.00. The summed E-state index contributed by atoms with van der Waals surface area (Å²) in [4.78, 5) is 24.8. The van der Waals surface area contributed by atoms with Gasteiger partial charge in [-0.3, -0.25) is 4.79 Å². The quantitative estimate of drug-likeness (QED) is 0.633. The monoisotopic (exact) mass is 373 g/mol. The van der Waals surface area contributed by atoms with Crippen molar-refractivity contribution < 1.29 is 18.0 Å². The Morgan fingerprint density at radius 1 is 0.920 bits per heavy atom. The predicted molar refractivity (Wildman–Crippen MR) is 97.0 cm³/mol. The van der Waals surface area contributed by atoms with Crippen LogP contribution in [0.2, 0.25) is 0 Å². The maximum atomic E-state index is 12.6. The summed E-state index contributed by atoms with van der Waals surface area (Å²) in [6.45, 7) is 3.77. The van der Waals surface area contributed by atoms with Gasteiger partial charge in [0.05, 0.1) is 11.5 Å². The number of nitrogens with one attached hydrogen (secondary N) is 3. The van der Waals surface area contributed by atoms with Gasteiger partial charge in [-0.15, -0.1) is 0 Å². The van der Waals surface area contributed by atoms with Crippen molar-refractivity contribution in [2.24, 2.45) is 5.92 Å². The molecule has 0 spiro atoms. The highest BCUT2D eigenvalue weighted by Gasteiger charge is 2.31. The summed E-state index contributed by atoms with van der Waals surface area (Å²) >= 11 is 0. The van der Waals surface area contributed by atoms with E-state index in [1.165, 1.54) is 12.8 Å². The molecule has 1 aliphatic carbocycles. The summed E-state index contributed by atoms with van der Waals surface area (Å²) in [5.74, 6) is -0.130. The largest absolute Gasteiger partial charge is 0.352 e. The number of urea groups is 1. The van der Waals surface area contributed by atoms with E-state index < -0.39 is 21.9 Å². The molecule has 2 atom stereocenters. The van der Waals surface area contributed by atoms with Gasteiger partial charge in [-0.25, -0.2) is 13.2 Å². The Bertz CT molecular complexity index is 568. The predicted octanol–water partition coefficient (Wildman–Crippen LogP) is 1.34. The summed E-state index contributed by atoms with van der Waals surface area (Å²) in [7, 11) is -3.05. The number of hydrogen-bond acceptors (Lipinski definition) is 4. The molecule has 3 N–H and O–H groups in total. The molecular weight excluding hydrogens is 342 g/mol. The van der Waals surface area contributed by atoms with Crippen LogP contribution in [0.5, 0.6) is 0 Å². The molecule has 0 aromatic carbocycles. The fourth-order valence-corrected chi connectivity index (χ4v) is 5.20. The van der Waals surface area contributed by atoms with E-state index >= 15 is 0 Å². The Morgan fingerprint density at radius 3 is 2.08 bits per heavy atom. The Labute approximate surface area is 150 Å². The summed E-state index contributed by atoms with van der Waals surface area (Å²) in [5, 5.41) is 8.47. The van der Waals surface area contributed by atoms with E-state index in [0.29, 0.717) is 6.42 Å². The topological polar surface area (TPSA) is 104 Å². The fraction of sp³-hybridized carbons (Fsp3) is 0.882. The molecule has 1 heterocycles. The van der Waals surface area contributed by atoms with Gasteiger partial charge < -0.3 is 16.0 Å². The summed E-state index contributed by atoms with van der Waals surface area (Å²) in [6.07, 6.45) is 7.08. The molecule has 1 aliphatic heterocycles. The second kappa shape index (κ2) is 8.87. The first kappa shape index (κ1) is 20.0. The maximum absolute atomic E-state index is 12.6. The van der Waals surface area contributed by atoms with Crippen molar-refractivity contribution >= 4 is 21.8 Å². The number of sulfone groups is 1. The zero-order valence-electron chi connectivity index (χ0n) is 15.2. The number of carbonyl (C=O) groups is 2. The van der Waals surface area contributed by atoms with Gasteiger partial charge in [0.2, 0.25) is 5.91 Å². The minimum atomic E-state index is -3.05. The molecule has 2 fully saturated rings. The molecule has 2 aliphatic rings. The van der Waals surface area contributed by atoms with E-state index in [2.05, 4.69) is 16.0 Å². The van der Waals surface area contributed by atoms with Crippen LogP contribution in [0.3, 0.4) is 0 Å². The van der Waals surface area contributed by atoms with Gasteiger partial charge in [-0.1, -0.05) is 39.5 Å². The Kier molecular flexibility index (Phi) is 7.10. The van der Waals surface area contributed by atoms with E-state index in [9.17, 15) is 18.0 Å². The molecular formula is C17H31N3O4S. The molecule has 0 aromatic heterocycles. The standard InChI is InChI=1S/C17H31N3O4S/c1-12(2)15(16(21)18-13-7-5-3-4-6-8-13)20-17(22)19-14-9-10-25(23,24)11-14/h12-15H,3-11H2,1-2H3,(H,18,21)(H2,19,20,22)/t14?,15-/m0/s1. The smallest absolute Gasteiger partial charge is 0.315 e. The second-order valence-electron chi connectivity index (χ2n) is 7.64. The van der Waals surface area contributed by atoms with E-state index in [-0.39, 0.29) is 35.4 Å². The van der Waals surface area contributed by atoms with Crippen LogP contribution < -0.4 is 16.0 Å². The van der Waals surface area contributed by atoms with Crippen molar-refractivity contribution in [3.8, 4) is 0 Å². The lowest BCUT2D eigenvalue weighted by Gasteiger charge is -2.25. The third kappa shape index (κ3) is 6.49. The van der Waals surface area contributed by atoms with Crippen LogP contribution in [-0.4, -0.2) is 50.0 Å². The van der Waals surface area contributed by atoms with E-state index in [1.807, 2.05) is 13.8 Å². The molecule has 0 radical (unpaired) electrons. The van der Waals surface area contributed by atoms with Crippen LogP contribution in [-0.2, 0) is 14.6 Å². The number of rotatable bonds is 5. The Balaban J connectivity index is 1.86. The SMILES string of the molecule is CC(C)[C@H](NC(=O)NC1CCS(=O)(=O)C1)C(=O)NC1CCCCCC1. The minimum Gasteiger partial charge on any atom is -0.352 e. The molecule has 1 saturated carbocycles. The molecule has 144 valence electrons. The molecule has 2 rings (SSSR count). The number of hydrogen-bond donors (Lipinski definition) is 3. The number of carbonyl (C=O) groups excluding carboxylic acids is 2. The van der Waals surface area contributed by atoms with Gasteiger partial charge in [0.1, 0.15) is 6.04 Å². The molecule has 0 bridgehead atoms. The first-order valence-corrected chi connectivity index (χ1v) is 11.2. The Morgan fingerprint density at radius 2 is 1.56 bits per heavy atom. The molecule has 1 saturated heterocycles. The highest BCUT2D eigenvalue weighted by Crippen LogP contribution is 2.17. The van der Waals surface area contributed by atoms with Crippen molar-refractivity contribution in [1.29, 1.82) is 0 Å². The number of amides is 3. The molecule has 8 heteroatoms. The van der Waals surface area contributed by atoms with Crippen molar-refractivity contribution in [2.45, 2.75) is 76.9 Å². The molecule has 3 amide bonds. The summed E-state index contributed by atoms with van der Waals surface area (Å²) in [5.41, 5.74) is 0. The average Bonchev–Trinajstić information content (AvgIpc) is 2.72. The third-order valence-corrected chi connectivity index (χ3v) is 6.77. The van der Waals surface area contributed by atoms with Crippen LogP contribution in [0.25, 0.3) is 0 Å².